The molecule has 1 heterocycles. The van der Waals surface area contributed by atoms with Crippen molar-refractivity contribution in [2.75, 3.05) is 26.2 Å². The number of nitrogens with zero attached hydrogens (tertiary/aromatic N) is 1. The molecule has 1 saturated heterocycles. The minimum absolute atomic E-state index is 0.704. The highest BCUT2D eigenvalue weighted by atomic mass is 15.1. The molecular formula is C16H34N2. The van der Waals surface area contributed by atoms with Crippen LogP contribution in [0.3, 0.4) is 0 Å². The van der Waals surface area contributed by atoms with E-state index < -0.39 is 0 Å². The zero-order valence-corrected chi connectivity index (χ0v) is 13.0. The first-order chi connectivity index (χ1) is 8.67. The largest absolute Gasteiger partial charge is 0.313 e. The maximum Gasteiger partial charge on any atom is 0.0194 e. The first kappa shape index (κ1) is 16.0. The second-order valence-corrected chi connectivity index (χ2v) is 6.28. The van der Waals surface area contributed by atoms with E-state index in [1.54, 1.807) is 0 Å². The van der Waals surface area contributed by atoms with Crippen LogP contribution in [-0.2, 0) is 0 Å². The summed E-state index contributed by atoms with van der Waals surface area (Å²) in [6.07, 6.45) is 6.85. The molecule has 1 rings (SSSR count). The van der Waals surface area contributed by atoms with Crippen LogP contribution in [0, 0.1) is 11.8 Å². The maximum atomic E-state index is 3.64. The first-order valence-electron chi connectivity index (χ1n) is 8.13. The summed E-state index contributed by atoms with van der Waals surface area (Å²) in [5.74, 6) is 1.82. The lowest BCUT2D eigenvalue weighted by Crippen LogP contribution is -2.41. The Morgan fingerprint density at radius 3 is 2.56 bits per heavy atom. The standard InChI is InChI=1S/C16H34N2/c1-5-8-16(17-6-2)13-18-11-7-9-15(10-12-18)14(3)4/h14-17H,5-13H2,1-4H3. The second kappa shape index (κ2) is 8.92. The van der Waals surface area contributed by atoms with Gasteiger partial charge in [-0.25, -0.2) is 0 Å². The SMILES string of the molecule is CCCC(CN1CCCC(C(C)C)CC1)NCC. The molecule has 108 valence electrons. The predicted molar refractivity (Wildman–Crippen MR) is 81.0 cm³/mol. The average Bonchev–Trinajstić information content (AvgIpc) is 2.55. The quantitative estimate of drug-likeness (QED) is 0.748. The van der Waals surface area contributed by atoms with Gasteiger partial charge in [0.25, 0.3) is 0 Å². The van der Waals surface area contributed by atoms with E-state index in [1.165, 1.54) is 51.7 Å². The zero-order chi connectivity index (χ0) is 13.4. The van der Waals surface area contributed by atoms with E-state index in [9.17, 15) is 0 Å². The minimum Gasteiger partial charge on any atom is -0.313 e. The van der Waals surface area contributed by atoms with Crippen LogP contribution >= 0.6 is 0 Å². The Morgan fingerprint density at radius 1 is 1.17 bits per heavy atom. The normalized spacial score (nSPS) is 24.2. The Balaban J connectivity index is 2.37. The van der Waals surface area contributed by atoms with E-state index in [2.05, 4.69) is 37.9 Å². The van der Waals surface area contributed by atoms with Crippen molar-refractivity contribution in [2.24, 2.45) is 11.8 Å². The van der Waals surface area contributed by atoms with Gasteiger partial charge in [0.2, 0.25) is 0 Å². The zero-order valence-electron chi connectivity index (χ0n) is 13.0. The highest BCUT2D eigenvalue weighted by molar-refractivity contribution is 4.76. The molecule has 0 aromatic rings. The van der Waals surface area contributed by atoms with Crippen molar-refractivity contribution >= 4 is 0 Å². The van der Waals surface area contributed by atoms with Crippen LogP contribution < -0.4 is 5.32 Å². The predicted octanol–water partition coefficient (Wildman–Crippen LogP) is 3.52. The van der Waals surface area contributed by atoms with Gasteiger partial charge in [-0.2, -0.15) is 0 Å². The Kier molecular flexibility index (Phi) is 7.92. The fourth-order valence-corrected chi connectivity index (χ4v) is 3.24. The van der Waals surface area contributed by atoms with Gasteiger partial charge in [0.05, 0.1) is 0 Å². The van der Waals surface area contributed by atoms with E-state index in [4.69, 9.17) is 0 Å². The molecule has 0 bridgehead atoms. The summed E-state index contributed by atoms with van der Waals surface area (Å²) in [4.78, 5) is 2.70. The van der Waals surface area contributed by atoms with Crippen molar-refractivity contribution in [3.05, 3.63) is 0 Å². The van der Waals surface area contributed by atoms with Gasteiger partial charge < -0.3 is 10.2 Å². The minimum atomic E-state index is 0.704. The lowest BCUT2D eigenvalue weighted by Gasteiger charge is -2.27. The molecular weight excluding hydrogens is 220 g/mol. The van der Waals surface area contributed by atoms with Gasteiger partial charge in [0, 0.05) is 12.6 Å². The summed E-state index contributed by atoms with van der Waals surface area (Å²) in [7, 11) is 0. The molecule has 1 aliphatic rings. The lowest BCUT2D eigenvalue weighted by molar-refractivity contribution is 0.237. The maximum absolute atomic E-state index is 3.64. The Hall–Kier alpha value is -0.0800. The van der Waals surface area contributed by atoms with E-state index in [0.717, 1.165) is 18.4 Å². The molecule has 1 N–H and O–H groups in total. The smallest absolute Gasteiger partial charge is 0.0194 e. The number of nitrogens with one attached hydrogen (secondary N) is 1. The van der Waals surface area contributed by atoms with Crippen LogP contribution in [0.25, 0.3) is 0 Å². The van der Waals surface area contributed by atoms with Gasteiger partial charge in [0.15, 0.2) is 0 Å². The highest BCUT2D eigenvalue weighted by Gasteiger charge is 2.20. The molecule has 18 heavy (non-hydrogen) atoms. The van der Waals surface area contributed by atoms with Gasteiger partial charge in [-0.05, 0) is 57.2 Å². The summed E-state index contributed by atoms with van der Waals surface area (Å²) >= 11 is 0. The molecule has 0 radical (unpaired) electrons. The molecule has 2 heteroatoms. The molecule has 2 nitrogen and oxygen atoms in total. The summed E-state index contributed by atoms with van der Waals surface area (Å²) < 4.78 is 0. The molecule has 1 aliphatic heterocycles. The molecule has 2 unspecified atom stereocenters. The fraction of sp³-hybridized carbons (Fsp3) is 1.00. The monoisotopic (exact) mass is 254 g/mol. The third-order valence-corrected chi connectivity index (χ3v) is 4.42. The topological polar surface area (TPSA) is 15.3 Å². The van der Waals surface area contributed by atoms with Crippen LogP contribution in [0.5, 0.6) is 0 Å². The summed E-state index contributed by atoms with van der Waals surface area (Å²) in [6, 6.07) is 0.704. The number of hydrogen-bond acceptors (Lipinski definition) is 2. The fourth-order valence-electron chi connectivity index (χ4n) is 3.24. The van der Waals surface area contributed by atoms with E-state index >= 15 is 0 Å². The van der Waals surface area contributed by atoms with Crippen LogP contribution in [0.2, 0.25) is 0 Å². The molecule has 0 saturated carbocycles. The van der Waals surface area contributed by atoms with Crippen LogP contribution in [0.1, 0.15) is 59.8 Å². The van der Waals surface area contributed by atoms with Crippen molar-refractivity contribution in [3.63, 3.8) is 0 Å². The van der Waals surface area contributed by atoms with E-state index in [-0.39, 0.29) is 0 Å². The third-order valence-electron chi connectivity index (χ3n) is 4.42. The summed E-state index contributed by atoms with van der Waals surface area (Å²) in [5.41, 5.74) is 0. The third kappa shape index (κ3) is 5.71. The Labute approximate surface area is 115 Å². The number of hydrogen-bond donors (Lipinski definition) is 1. The van der Waals surface area contributed by atoms with Gasteiger partial charge in [-0.1, -0.05) is 34.1 Å². The number of likely N-dealkylation sites (tertiary alicyclic amines) is 1. The highest BCUT2D eigenvalue weighted by Crippen LogP contribution is 2.24. The molecule has 0 aliphatic carbocycles. The molecule has 0 spiro atoms. The molecule has 0 amide bonds. The van der Waals surface area contributed by atoms with Crippen LogP contribution in [0.15, 0.2) is 0 Å². The van der Waals surface area contributed by atoms with Gasteiger partial charge in [0.1, 0.15) is 0 Å². The lowest BCUT2D eigenvalue weighted by atomic mass is 9.89. The summed E-state index contributed by atoms with van der Waals surface area (Å²) in [5, 5.41) is 3.64. The molecule has 2 atom stereocenters. The van der Waals surface area contributed by atoms with Gasteiger partial charge in [-0.15, -0.1) is 0 Å². The van der Waals surface area contributed by atoms with Crippen molar-refractivity contribution in [1.29, 1.82) is 0 Å². The van der Waals surface area contributed by atoms with E-state index in [0.29, 0.717) is 6.04 Å². The van der Waals surface area contributed by atoms with Gasteiger partial charge >= 0.3 is 0 Å². The van der Waals surface area contributed by atoms with Crippen molar-refractivity contribution in [2.45, 2.75) is 65.8 Å². The number of likely N-dealkylation sites (N-methyl/N-ethyl adjacent to an activating group) is 1. The van der Waals surface area contributed by atoms with Crippen molar-refractivity contribution in [3.8, 4) is 0 Å². The first-order valence-corrected chi connectivity index (χ1v) is 8.13. The van der Waals surface area contributed by atoms with E-state index in [1.807, 2.05) is 0 Å². The van der Waals surface area contributed by atoms with Crippen molar-refractivity contribution < 1.29 is 0 Å². The van der Waals surface area contributed by atoms with Crippen molar-refractivity contribution in [1.82, 2.24) is 10.2 Å². The molecule has 0 aromatic carbocycles. The van der Waals surface area contributed by atoms with Crippen LogP contribution in [0.4, 0.5) is 0 Å². The van der Waals surface area contributed by atoms with Gasteiger partial charge in [-0.3, -0.25) is 0 Å². The molecule has 1 fully saturated rings. The number of rotatable bonds is 7. The second-order valence-electron chi connectivity index (χ2n) is 6.28. The molecule has 0 aromatic heterocycles. The van der Waals surface area contributed by atoms with Crippen LogP contribution in [-0.4, -0.2) is 37.1 Å². The summed E-state index contributed by atoms with van der Waals surface area (Å²) in [6.45, 7) is 14.3. The Bertz CT molecular complexity index is 197. The Morgan fingerprint density at radius 2 is 1.94 bits per heavy atom. The average molecular weight is 254 g/mol.